The van der Waals surface area contributed by atoms with Gasteiger partial charge in [-0.3, -0.25) is 4.79 Å². The number of fused-ring (bicyclic) bond motifs is 4. The molecule has 2 aliphatic rings. The molecule has 0 atom stereocenters. The van der Waals surface area contributed by atoms with E-state index in [2.05, 4.69) is 45.1 Å². The summed E-state index contributed by atoms with van der Waals surface area (Å²) in [6.07, 6.45) is 6.62. The van der Waals surface area contributed by atoms with Crippen molar-refractivity contribution in [1.29, 1.82) is 0 Å². The van der Waals surface area contributed by atoms with E-state index in [0.29, 0.717) is 6.54 Å². The lowest BCUT2D eigenvalue weighted by molar-refractivity contribution is 0.0784. The Labute approximate surface area is 169 Å². The van der Waals surface area contributed by atoms with Crippen LogP contribution in [0, 0.1) is 0 Å². The predicted molar refractivity (Wildman–Crippen MR) is 111 cm³/mol. The summed E-state index contributed by atoms with van der Waals surface area (Å²) in [5.41, 5.74) is 3.98. The third kappa shape index (κ3) is 3.05. The fraction of sp³-hybridized carbons (Fsp3) is 0.409. The summed E-state index contributed by atoms with van der Waals surface area (Å²) in [5.74, 6) is 2.04. The Bertz CT molecular complexity index is 1040. The van der Waals surface area contributed by atoms with Gasteiger partial charge in [-0.1, -0.05) is 30.7 Å². The average Bonchev–Trinajstić information content (AvgIpc) is 3.24. The molecule has 0 saturated carbocycles. The molecule has 1 aliphatic carbocycles. The summed E-state index contributed by atoms with van der Waals surface area (Å²) in [6, 6.07) is 10.6. The molecule has 144 valence electrons. The van der Waals surface area contributed by atoms with E-state index in [9.17, 15) is 4.79 Å². The van der Waals surface area contributed by atoms with Gasteiger partial charge in [-0.05, 0) is 48.4 Å². The third-order valence-corrected chi connectivity index (χ3v) is 7.06. The van der Waals surface area contributed by atoms with Crippen LogP contribution in [0.15, 0.2) is 30.3 Å². The molecule has 3 heterocycles. The molecule has 0 bridgehead atoms. The highest BCUT2D eigenvalue weighted by atomic mass is 32.1. The Morgan fingerprint density at radius 2 is 1.96 bits per heavy atom. The van der Waals surface area contributed by atoms with E-state index in [0.717, 1.165) is 48.8 Å². The van der Waals surface area contributed by atoms with Gasteiger partial charge in [-0.25, -0.2) is 0 Å². The Balaban J connectivity index is 1.38. The van der Waals surface area contributed by atoms with Gasteiger partial charge in [-0.2, -0.15) is 0 Å². The van der Waals surface area contributed by atoms with Crippen molar-refractivity contribution in [2.24, 2.45) is 0 Å². The Kier molecular flexibility index (Phi) is 4.51. The van der Waals surface area contributed by atoms with E-state index in [1.165, 1.54) is 34.4 Å². The molecule has 2 aromatic heterocycles. The van der Waals surface area contributed by atoms with Crippen molar-refractivity contribution in [2.45, 2.75) is 51.6 Å². The summed E-state index contributed by atoms with van der Waals surface area (Å²) in [6.45, 7) is 1.47. The summed E-state index contributed by atoms with van der Waals surface area (Å²) >= 11 is 1.63. The lowest BCUT2D eigenvalue weighted by atomic mass is 9.91. The van der Waals surface area contributed by atoms with Crippen LogP contribution in [0.2, 0.25) is 0 Å². The normalized spacial score (nSPS) is 15.3. The van der Waals surface area contributed by atoms with Crippen LogP contribution >= 0.6 is 11.3 Å². The molecule has 3 aromatic rings. The van der Waals surface area contributed by atoms with E-state index < -0.39 is 0 Å². The van der Waals surface area contributed by atoms with Crippen molar-refractivity contribution < 1.29 is 4.79 Å². The molecule has 0 fully saturated rings. The molecule has 0 N–H and O–H groups in total. The van der Waals surface area contributed by atoms with E-state index in [-0.39, 0.29) is 5.91 Å². The second-order valence-electron chi connectivity index (χ2n) is 7.78. The minimum Gasteiger partial charge on any atom is -0.333 e. The maximum atomic E-state index is 13.1. The number of amides is 1. The molecule has 0 unspecified atom stereocenters. The summed E-state index contributed by atoms with van der Waals surface area (Å²) in [4.78, 5) is 17.0. The molecular weight excluding hydrogens is 368 g/mol. The van der Waals surface area contributed by atoms with Crippen LogP contribution in [0.1, 0.15) is 51.7 Å². The number of thiophene rings is 1. The first-order chi connectivity index (χ1) is 13.7. The Morgan fingerprint density at radius 1 is 1.11 bits per heavy atom. The van der Waals surface area contributed by atoms with Gasteiger partial charge in [0.25, 0.3) is 5.91 Å². The van der Waals surface area contributed by atoms with Crippen LogP contribution in [0.3, 0.4) is 0 Å². The highest BCUT2D eigenvalue weighted by Gasteiger charge is 2.24. The monoisotopic (exact) mass is 392 g/mol. The quantitative estimate of drug-likeness (QED) is 0.674. The number of carbonyl (C=O) groups excluding carboxylic acids is 1. The molecule has 5 nitrogen and oxygen atoms in total. The van der Waals surface area contributed by atoms with Gasteiger partial charge in [0.2, 0.25) is 0 Å². The topological polar surface area (TPSA) is 51.0 Å². The lowest BCUT2D eigenvalue weighted by Gasteiger charge is -2.16. The second kappa shape index (κ2) is 7.17. The molecule has 5 rings (SSSR count). The zero-order valence-corrected chi connectivity index (χ0v) is 17.0. The molecule has 6 heteroatoms. The van der Waals surface area contributed by atoms with Gasteiger partial charge < -0.3 is 9.47 Å². The lowest BCUT2D eigenvalue weighted by Crippen LogP contribution is -2.27. The maximum absolute atomic E-state index is 13.1. The largest absolute Gasteiger partial charge is 0.333 e. The second-order valence-corrected chi connectivity index (χ2v) is 8.83. The van der Waals surface area contributed by atoms with Crippen LogP contribution < -0.4 is 0 Å². The smallest absolute Gasteiger partial charge is 0.264 e. The van der Waals surface area contributed by atoms with E-state index in [1.807, 2.05) is 7.05 Å². The molecule has 0 spiro atoms. The summed E-state index contributed by atoms with van der Waals surface area (Å²) in [5, 5.41) is 8.73. The van der Waals surface area contributed by atoms with Crippen LogP contribution in [0.5, 0.6) is 0 Å². The van der Waals surface area contributed by atoms with E-state index in [4.69, 9.17) is 0 Å². The molecule has 1 aliphatic heterocycles. The average molecular weight is 393 g/mol. The number of carbonyl (C=O) groups is 1. The van der Waals surface area contributed by atoms with Crippen LogP contribution in [0.25, 0.3) is 10.4 Å². The molecule has 28 heavy (non-hydrogen) atoms. The van der Waals surface area contributed by atoms with Gasteiger partial charge in [0, 0.05) is 24.9 Å². The van der Waals surface area contributed by atoms with Crippen molar-refractivity contribution in [2.75, 3.05) is 7.05 Å². The number of aryl methyl sites for hydroxylation is 3. The Hall–Kier alpha value is -2.47. The summed E-state index contributed by atoms with van der Waals surface area (Å²) in [7, 11) is 1.87. The number of rotatable bonds is 3. The van der Waals surface area contributed by atoms with Crippen molar-refractivity contribution in [3.63, 3.8) is 0 Å². The van der Waals surface area contributed by atoms with Gasteiger partial charge in [-0.15, -0.1) is 21.5 Å². The fourth-order valence-corrected chi connectivity index (χ4v) is 5.58. The van der Waals surface area contributed by atoms with Crippen LogP contribution in [-0.4, -0.2) is 32.6 Å². The van der Waals surface area contributed by atoms with Crippen molar-refractivity contribution >= 4 is 17.2 Å². The van der Waals surface area contributed by atoms with E-state index in [1.54, 1.807) is 16.2 Å². The zero-order chi connectivity index (χ0) is 19.1. The number of aromatic nitrogens is 3. The fourth-order valence-electron chi connectivity index (χ4n) is 4.31. The minimum absolute atomic E-state index is 0.0721. The van der Waals surface area contributed by atoms with Gasteiger partial charge in [0.1, 0.15) is 5.82 Å². The molecule has 1 aromatic carbocycles. The van der Waals surface area contributed by atoms with Crippen LogP contribution in [0.4, 0.5) is 0 Å². The Morgan fingerprint density at radius 3 is 2.89 bits per heavy atom. The molecule has 1 amide bonds. The zero-order valence-electron chi connectivity index (χ0n) is 16.1. The SMILES string of the molecule is CN(Cc1nnc2n1CCCCC2)C(=O)c1cc2c(s1)-c1ccccc1CC2. The number of nitrogens with zero attached hydrogens (tertiary/aromatic N) is 4. The first-order valence-electron chi connectivity index (χ1n) is 10.1. The standard InChI is InChI=1S/C22H24N4OS/c1-25(14-20-24-23-19-9-3-2-6-12-26(19)20)22(27)18-13-16-11-10-15-7-4-5-8-17(15)21(16)28-18/h4-5,7-8,13H,2-3,6,9-12,14H2,1H3. The van der Waals surface area contributed by atoms with Gasteiger partial charge >= 0.3 is 0 Å². The van der Waals surface area contributed by atoms with Gasteiger partial charge in [0.15, 0.2) is 5.82 Å². The van der Waals surface area contributed by atoms with Crippen molar-refractivity contribution in [3.8, 4) is 10.4 Å². The minimum atomic E-state index is 0.0721. The maximum Gasteiger partial charge on any atom is 0.264 e. The first-order valence-corrected chi connectivity index (χ1v) is 10.9. The highest BCUT2D eigenvalue weighted by Crippen LogP contribution is 2.39. The predicted octanol–water partition coefficient (Wildman–Crippen LogP) is 4.10. The van der Waals surface area contributed by atoms with E-state index >= 15 is 0 Å². The number of hydrogen-bond donors (Lipinski definition) is 0. The van der Waals surface area contributed by atoms with Crippen molar-refractivity contribution in [3.05, 3.63) is 58.0 Å². The van der Waals surface area contributed by atoms with Gasteiger partial charge in [0.05, 0.1) is 11.4 Å². The third-order valence-electron chi connectivity index (χ3n) is 5.86. The number of benzene rings is 1. The molecule has 0 saturated heterocycles. The first kappa shape index (κ1) is 17.6. The number of hydrogen-bond acceptors (Lipinski definition) is 4. The molecular formula is C22H24N4OS. The molecule has 0 radical (unpaired) electrons. The summed E-state index contributed by atoms with van der Waals surface area (Å²) < 4.78 is 2.21. The highest BCUT2D eigenvalue weighted by molar-refractivity contribution is 7.17. The van der Waals surface area contributed by atoms with Crippen LogP contribution in [-0.2, 0) is 32.4 Å². The van der Waals surface area contributed by atoms with Crippen molar-refractivity contribution in [1.82, 2.24) is 19.7 Å².